The quantitative estimate of drug-likeness (QED) is 0.419. The van der Waals surface area contributed by atoms with Crippen molar-refractivity contribution < 1.29 is 22.5 Å². The van der Waals surface area contributed by atoms with Crippen LogP contribution in [0.15, 0.2) is 10.6 Å². The van der Waals surface area contributed by atoms with Gasteiger partial charge < -0.3 is 19.9 Å². The van der Waals surface area contributed by atoms with Gasteiger partial charge in [0, 0.05) is 62.3 Å². The second-order valence-electron chi connectivity index (χ2n) is 11.7. The van der Waals surface area contributed by atoms with Crippen molar-refractivity contribution in [1.82, 2.24) is 29.3 Å². The Hall–Kier alpha value is -1.57. The Balaban J connectivity index is 0.956. The number of fused-ring (bicyclic) bond motifs is 2. The molecule has 4 aliphatic heterocycles. The fraction of sp³-hybridized carbons (Fsp3) is 0.846. The molecule has 0 radical (unpaired) electrons. The maximum atomic E-state index is 13.7. The van der Waals surface area contributed by atoms with Gasteiger partial charge in [-0.05, 0) is 70.9 Å². The number of ether oxygens (including phenoxy) is 1. The van der Waals surface area contributed by atoms with Gasteiger partial charge in [0.25, 0.3) is 16.1 Å². The molecule has 0 aromatic carbocycles. The van der Waals surface area contributed by atoms with Crippen LogP contribution in [0.5, 0.6) is 0 Å². The predicted molar refractivity (Wildman–Crippen MR) is 141 cm³/mol. The second-order valence-corrected chi connectivity index (χ2v) is 13.5. The van der Waals surface area contributed by atoms with E-state index in [0.29, 0.717) is 43.6 Å². The molecule has 1 aliphatic carbocycles. The number of carbonyl (C=O) groups excluding carboxylic acids is 1. The molecule has 1 amide bonds. The van der Waals surface area contributed by atoms with E-state index >= 15 is 0 Å². The highest BCUT2D eigenvalue weighted by molar-refractivity contribution is 7.86. The third-order valence-electron chi connectivity index (χ3n) is 8.98. The average Bonchev–Trinajstić information content (AvgIpc) is 3.58. The standard InChI is InChI=1S/C26H42N6O5S/c33-26(24-18-25(37-29-24)19-2-3-19)28-21-16-22-4-5-23(17-21)32(22)38(34,35)31-10-6-20(7-11-31)27-8-1-9-30-12-14-36-15-13-30/h18-23,27H,1-17H2,(H,28,33)/t21-,22+,23-. The molecule has 2 bridgehead atoms. The summed E-state index contributed by atoms with van der Waals surface area (Å²) in [7, 11) is -3.51. The zero-order valence-corrected chi connectivity index (χ0v) is 23.0. The van der Waals surface area contributed by atoms with Gasteiger partial charge in [-0.3, -0.25) is 9.69 Å². The Morgan fingerprint density at radius 1 is 0.974 bits per heavy atom. The van der Waals surface area contributed by atoms with Gasteiger partial charge in [0.2, 0.25) is 0 Å². The van der Waals surface area contributed by atoms with Crippen molar-refractivity contribution in [2.24, 2.45) is 0 Å². The zero-order chi connectivity index (χ0) is 26.1. The van der Waals surface area contributed by atoms with Crippen molar-refractivity contribution in [2.75, 3.05) is 52.5 Å². The molecule has 11 nitrogen and oxygen atoms in total. The van der Waals surface area contributed by atoms with Crippen LogP contribution in [0.4, 0.5) is 0 Å². The van der Waals surface area contributed by atoms with Crippen LogP contribution in [0, 0.1) is 0 Å². The monoisotopic (exact) mass is 550 g/mol. The van der Waals surface area contributed by atoms with Crippen LogP contribution < -0.4 is 10.6 Å². The van der Waals surface area contributed by atoms with Crippen molar-refractivity contribution in [3.8, 4) is 0 Å². The van der Waals surface area contributed by atoms with Crippen LogP contribution in [-0.4, -0.2) is 110 Å². The molecule has 0 unspecified atom stereocenters. The lowest BCUT2D eigenvalue weighted by atomic mass is 9.99. The molecule has 6 rings (SSSR count). The molecule has 5 heterocycles. The normalized spacial score (nSPS) is 30.1. The van der Waals surface area contributed by atoms with Crippen LogP contribution in [0.25, 0.3) is 0 Å². The highest BCUT2D eigenvalue weighted by Gasteiger charge is 2.49. The summed E-state index contributed by atoms with van der Waals surface area (Å²) >= 11 is 0. The van der Waals surface area contributed by atoms with Crippen molar-refractivity contribution in [3.05, 3.63) is 17.5 Å². The van der Waals surface area contributed by atoms with Gasteiger partial charge in [-0.15, -0.1) is 0 Å². The van der Waals surface area contributed by atoms with E-state index in [1.165, 1.54) is 0 Å². The number of hydrogen-bond acceptors (Lipinski definition) is 8. The molecule has 5 aliphatic rings. The number of aromatic nitrogens is 1. The van der Waals surface area contributed by atoms with Gasteiger partial charge >= 0.3 is 0 Å². The molecule has 212 valence electrons. The molecular formula is C26H42N6O5S. The van der Waals surface area contributed by atoms with Crippen molar-refractivity contribution in [3.63, 3.8) is 0 Å². The van der Waals surface area contributed by atoms with E-state index in [4.69, 9.17) is 9.26 Å². The molecule has 0 spiro atoms. The Labute approximate surface area is 225 Å². The van der Waals surface area contributed by atoms with Gasteiger partial charge in [0.1, 0.15) is 5.76 Å². The van der Waals surface area contributed by atoms with Crippen LogP contribution in [0.3, 0.4) is 0 Å². The first-order chi connectivity index (χ1) is 18.5. The van der Waals surface area contributed by atoms with Crippen LogP contribution in [0.1, 0.15) is 80.0 Å². The van der Waals surface area contributed by atoms with E-state index in [-0.39, 0.29) is 24.0 Å². The minimum Gasteiger partial charge on any atom is -0.379 e. The maximum absolute atomic E-state index is 13.7. The summed E-state index contributed by atoms with van der Waals surface area (Å²) in [6.07, 6.45) is 7.99. The molecular weight excluding hydrogens is 508 g/mol. The molecule has 38 heavy (non-hydrogen) atoms. The molecule has 2 N–H and O–H groups in total. The number of amides is 1. The summed E-state index contributed by atoms with van der Waals surface area (Å²) in [6.45, 7) is 6.88. The fourth-order valence-corrected chi connectivity index (χ4v) is 8.78. The fourth-order valence-electron chi connectivity index (χ4n) is 6.70. The van der Waals surface area contributed by atoms with Crippen LogP contribution in [-0.2, 0) is 14.9 Å². The lowest BCUT2D eigenvalue weighted by Crippen LogP contribution is -2.57. The van der Waals surface area contributed by atoms with Gasteiger partial charge in [-0.25, -0.2) is 0 Å². The minimum atomic E-state index is -3.51. The van der Waals surface area contributed by atoms with E-state index in [1.54, 1.807) is 14.7 Å². The Kier molecular flexibility index (Phi) is 8.06. The summed E-state index contributed by atoms with van der Waals surface area (Å²) in [5, 5.41) is 10.7. The number of nitrogens with one attached hydrogen (secondary N) is 2. The molecule has 4 saturated heterocycles. The van der Waals surface area contributed by atoms with E-state index in [9.17, 15) is 13.2 Å². The predicted octanol–water partition coefficient (Wildman–Crippen LogP) is 1.30. The summed E-state index contributed by atoms with van der Waals surface area (Å²) in [5.41, 5.74) is 0.326. The van der Waals surface area contributed by atoms with E-state index in [2.05, 4.69) is 20.7 Å². The number of nitrogens with zero attached hydrogens (tertiary/aromatic N) is 4. The Bertz CT molecular complexity index is 1050. The summed E-state index contributed by atoms with van der Waals surface area (Å²) in [6, 6.07) is 1.98. The molecule has 12 heteroatoms. The van der Waals surface area contributed by atoms with E-state index < -0.39 is 10.2 Å². The lowest BCUT2D eigenvalue weighted by Gasteiger charge is -2.42. The highest BCUT2D eigenvalue weighted by Crippen LogP contribution is 2.41. The van der Waals surface area contributed by atoms with Crippen LogP contribution in [0.2, 0.25) is 0 Å². The van der Waals surface area contributed by atoms with Gasteiger partial charge in [0.05, 0.1) is 13.2 Å². The number of hydrogen-bond donors (Lipinski definition) is 2. The third-order valence-corrected chi connectivity index (χ3v) is 11.1. The number of rotatable bonds is 10. The van der Waals surface area contributed by atoms with E-state index in [1.807, 2.05) is 0 Å². The molecule has 5 fully saturated rings. The maximum Gasteiger partial charge on any atom is 0.282 e. The smallest absolute Gasteiger partial charge is 0.282 e. The lowest BCUT2D eigenvalue weighted by molar-refractivity contribution is 0.0373. The SMILES string of the molecule is O=C(N[C@H]1C[C@H]2CC[C@@H](C1)N2S(=O)(=O)N1CCC(NCCCN2CCOCC2)CC1)c1cc(C2CC2)on1. The first kappa shape index (κ1) is 26.6. The minimum absolute atomic E-state index is 0.0417. The molecule has 1 aromatic rings. The first-order valence-electron chi connectivity index (χ1n) is 14.6. The number of morpholine rings is 1. The van der Waals surface area contributed by atoms with Crippen molar-refractivity contribution in [2.45, 2.75) is 87.9 Å². The van der Waals surface area contributed by atoms with Crippen LogP contribution >= 0.6 is 0 Å². The van der Waals surface area contributed by atoms with Gasteiger partial charge in [-0.2, -0.15) is 17.0 Å². The van der Waals surface area contributed by atoms with Gasteiger partial charge in [-0.1, -0.05) is 5.16 Å². The third kappa shape index (κ3) is 5.95. The largest absolute Gasteiger partial charge is 0.379 e. The topological polar surface area (TPSA) is 120 Å². The summed E-state index contributed by atoms with van der Waals surface area (Å²) < 4.78 is 41.5. The van der Waals surface area contributed by atoms with Crippen molar-refractivity contribution in [1.29, 1.82) is 0 Å². The first-order valence-corrected chi connectivity index (χ1v) is 16.0. The van der Waals surface area contributed by atoms with E-state index in [0.717, 1.165) is 90.1 Å². The summed E-state index contributed by atoms with van der Waals surface area (Å²) in [4.78, 5) is 15.2. The molecule has 1 saturated carbocycles. The Morgan fingerprint density at radius 3 is 2.37 bits per heavy atom. The van der Waals surface area contributed by atoms with Gasteiger partial charge in [0.15, 0.2) is 5.69 Å². The highest BCUT2D eigenvalue weighted by atomic mass is 32.2. The summed E-state index contributed by atoms with van der Waals surface area (Å²) in [5.74, 6) is 0.985. The average molecular weight is 551 g/mol. The zero-order valence-electron chi connectivity index (χ0n) is 22.2. The second kappa shape index (κ2) is 11.5. The number of carbonyl (C=O) groups is 1. The Morgan fingerprint density at radius 2 is 1.68 bits per heavy atom. The molecule has 3 atom stereocenters. The molecule has 1 aromatic heterocycles. The number of piperidine rings is 2. The van der Waals surface area contributed by atoms with Crippen molar-refractivity contribution >= 4 is 16.1 Å².